The first-order valence-electron chi connectivity index (χ1n) is 11.4. The number of nitrogens with zero attached hydrogens (tertiary/aromatic N) is 1. The van der Waals surface area contributed by atoms with E-state index in [0.717, 1.165) is 0 Å². The summed E-state index contributed by atoms with van der Waals surface area (Å²) >= 11 is 0. The molecule has 1 unspecified atom stereocenters. The fourth-order valence-corrected chi connectivity index (χ4v) is 4.30. The van der Waals surface area contributed by atoms with Crippen LogP contribution in [0.1, 0.15) is 19.3 Å². The molecule has 0 saturated carbocycles. The lowest BCUT2D eigenvalue weighted by Crippen LogP contribution is -2.70. The van der Waals surface area contributed by atoms with Crippen LogP contribution < -0.4 is 38.5 Å². The summed E-state index contributed by atoms with van der Waals surface area (Å²) in [5.41, 5.74) is 16.5. The standard InChI is InChI=1S/C19H34N8O8/c20-3-1-2-7(21)4-10(30)24-13-14(31)15(35-18(22)33)9(6-28)34-17(13)27-19-25-11-8(29)5-23-16(32)12(11)26-19/h7-9,11-15,17,28-29,31H,1-6,20-21H2,(H2,22,33)(H,23,32)(H,24,30)(H2,25,26,27)/t7-,8+,9+,11+,12?,13+,14-,15-,17+/m0/s1. The van der Waals surface area contributed by atoms with Crippen molar-refractivity contribution in [3.8, 4) is 0 Å². The van der Waals surface area contributed by atoms with Crippen molar-refractivity contribution in [1.29, 1.82) is 0 Å². The number of aliphatic hydroxyl groups is 3. The SMILES string of the molecule is NCCC[C@H](N)CC(=O)N[C@@H]1[C@H](O)[C@@H](OC(N)=O)[C@@H](CO)O[C@H]1NC1=N[C@H]2C(N1)C(=O)NC[C@H]2O. The molecule has 35 heavy (non-hydrogen) atoms. The van der Waals surface area contributed by atoms with Gasteiger partial charge in [0.1, 0.15) is 30.3 Å². The van der Waals surface area contributed by atoms with Gasteiger partial charge in [-0.2, -0.15) is 0 Å². The summed E-state index contributed by atoms with van der Waals surface area (Å²) in [7, 11) is 0. The number of aliphatic imine (C=N–C) groups is 1. The quantitative estimate of drug-likeness (QED) is 0.141. The van der Waals surface area contributed by atoms with E-state index in [1.54, 1.807) is 0 Å². The molecule has 198 valence electrons. The van der Waals surface area contributed by atoms with Crippen molar-refractivity contribution in [3.63, 3.8) is 0 Å². The van der Waals surface area contributed by atoms with E-state index >= 15 is 0 Å². The number of aliphatic hydroxyl groups excluding tert-OH is 3. The van der Waals surface area contributed by atoms with Crippen LogP contribution in [0.25, 0.3) is 0 Å². The number of fused-ring (bicyclic) bond motifs is 1. The van der Waals surface area contributed by atoms with Crippen LogP contribution in [0, 0.1) is 0 Å². The molecule has 9 atom stereocenters. The van der Waals surface area contributed by atoms with E-state index in [1.165, 1.54) is 0 Å². The van der Waals surface area contributed by atoms with Gasteiger partial charge in [0.15, 0.2) is 18.3 Å². The molecule has 3 amide bonds. The molecule has 0 aromatic heterocycles. The van der Waals surface area contributed by atoms with E-state index in [4.69, 9.17) is 26.7 Å². The second-order valence-electron chi connectivity index (χ2n) is 8.71. The molecule has 3 aliphatic rings. The first kappa shape index (κ1) is 26.8. The molecular weight excluding hydrogens is 468 g/mol. The van der Waals surface area contributed by atoms with Gasteiger partial charge in [-0.1, -0.05) is 0 Å². The second kappa shape index (κ2) is 11.8. The lowest BCUT2D eigenvalue weighted by Gasteiger charge is -2.44. The van der Waals surface area contributed by atoms with E-state index < -0.39 is 73.4 Å². The summed E-state index contributed by atoms with van der Waals surface area (Å²) in [5, 5.41) is 41.7. The van der Waals surface area contributed by atoms with Gasteiger partial charge in [-0.3, -0.25) is 9.59 Å². The molecule has 3 heterocycles. The van der Waals surface area contributed by atoms with Gasteiger partial charge in [0, 0.05) is 19.0 Å². The average molecular weight is 503 g/mol. The van der Waals surface area contributed by atoms with Gasteiger partial charge in [0.2, 0.25) is 11.8 Å². The Morgan fingerprint density at radius 2 is 2.09 bits per heavy atom. The maximum Gasteiger partial charge on any atom is 0.404 e. The van der Waals surface area contributed by atoms with Crippen molar-refractivity contribution in [2.45, 2.75) is 74.1 Å². The minimum Gasteiger partial charge on any atom is -0.441 e. The van der Waals surface area contributed by atoms with Crippen molar-refractivity contribution >= 4 is 23.9 Å². The Labute approximate surface area is 200 Å². The zero-order chi connectivity index (χ0) is 25.7. The maximum atomic E-state index is 12.7. The first-order valence-corrected chi connectivity index (χ1v) is 11.4. The van der Waals surface area contributed by atoms with Gasteiger partial charge in [0.25, 0.3) is 0 Å². The van der Waals surface area contributed by atoms with Gasteiger partial charge in [-0.05, 0) is 19.4 Å². The van der Waals surface area contributed by atoms with Gasteiger partial charge >= 0.3 is 6.09 Å². The predicted octanol–water partition coefficient (Wildman–Crippen LogP) is -5.75. The zero-order valence-corrected chi connectivity index (χ0v) is 19.0. The monoisotopic (exact) mass is 502 g/mol. The third-order valence-electron chi connectivity index (χ3n) is 6.06. The van der Waals surface area contributed by atoms with E-state index in [2.05, 4.69) is 26.3 Å². The van der Waals surface area contributed by atoms with Crippen LogP contribution in [0.4, 0.5) is 4.79 Å². The van der Waals surface area contributed by atoms with Crippen LogP contribution in [0.15, 0.2) is 4.99 Å². The topological polar surface area (TPSA) is 269 Å². The Bertz CT molecular complexity index is 816. The number of piperidine rings is 1. The maximum absolute atomic E-state index is 12.7. The smallest absolute Gasteiger partial charge is 0.404 e. The first-order chi connectivity index (χ1) is 16.6. The van der Waals surface area contributed by atoms with E-state index in [1.807, 2.05) is 0 Å². The second-order valence-corrected chi connectivity index (χ2v) is 8.71. The molecule has 2 saturated heterocycles. The van der Waals surface area contributed by atoms with Crippen molar-refractivity contribution in [2.75, 3.05) is 19.7 Å². The summed E-state index contributed by atoms with van der Waals surface area (Å²) in [6, 6.07) is -3.27. The summed E-state index contributed by atoms with van der Waals surface area (Å²) in [4.78, 5) is 40.4. The van der Waals surface area contributed by atoms with E-state index in [-0.39, 0.29) is 24.8 Å². The van der Waals surface area contributed by atoms with Gasteiger partial charge in [-0.15, -0.1) is 0 Å². The fourth-order valence-electron chi connectivity index (χ4n) is 4.30. The number of carbonyl (C=O) groups is 3. The molecular formula is C19H34N8O8. The van der Waals surface area contributed by atoms with Crippen LogP contribution in [0.3, 0.4) is 0 Å². The number of rotatable bonds is 9. The molecule has 3 aliphatic heterocycles. The molecule has 2 fully saturated rings. The molecule has 0 spiro atoms. The Morgan fingerprint density at radius 3 is 2.71 bits per heavy atom. The number of hydrogen-bond donors (Lipinski definition) is 10. The minimum atomic E-state index is -1.55. The largest absolute Gasteiger partial charge is 0.441 e. The normalized spacial score (nSPS) is 35.1. The highest BCUT2D eigenvalue weighted by atomic mass is 16.6. The number of nitrogens with two attached hydrogens (primary N) is 3. The Hall–Kier alpha value is -2.76. The summed E-state index contributed by atoms with van der Waals surface area (Å²) < 4.78 is 10.7. The molecule has 0 bridgehead atoms. The van der Waals surface area contributed by atoms with Crippen LogP contribution in [-0.4, -0.2) is 114 Å². The minimum absolute atomic E-state index is 0.0406. The van der Waals surface area contributed by atoms with E-state index in [9.17, 15) is 29.7 Å². The van der Waals surface area contributed by atoms with Crippen LogP contribution in [0.5, 0.6) is 0 Å². The van der Waals surface area contributed by atoms with Crippen molar-refractivity contribution < 1.29 is 39.2 Å². The Morgan fingerprint density at radius 1 is 1.34 bits per heavy atom. The number of guanidine groups is 1. The zero-order valence-electron chi connectivity index (χ0n) is 19.0. The van der Waals surface area contributed by atoms with Crippen LogP contribution in [-0.2, 0) is 19.1 Å². The molecule has 0 aromatic carbocycles. The Balaban J connectivity index is 1.77. The van der Waals surface area contributed by atoms with Crippen LogP contribution in [0.2, 0.25) is 0 Å². The molecule has 0 aromatic rings. The molecule has 3 rings (SSSR count). The molecule has 16 heteroatoms. The summed E-state index contributed by atoms with van der Waals surface area (Å²) in [6.07, 6.45) is -6.38. The number of hydrogen-bond acceptors (Lipinski definition) is 13. The number of carbonyl (C=O) groups excluding carboxylic acids is 3. The molecule has 13 N–H and O–H groups in total. The number of primary amides is 1. The average Bonchev–Trinajstić information content (AvgIpc) is 3.24. The predicted molar refractivity (Wildman–Crippen MR) is 119 cm³/mol. The van der Waals surface area contributed by atoms with Gasteiger partial charge < -0.3 is 63.3 Å². The lowest BCUT2D eigenvalue weighted by atomic mass is 9.95. The van der Waals surface area contributed by atoms with Gasteiger partial charge in [0.05, 0.1) is 12.7 Å². The van der Waals surface area contributed by atoms with Crippen LogP contribution >= 0.6 is 0 Å². The highest BCUT2D eigenvalue weighted by Crippen LogP contribution is 2.24. The third kappa shape index (κ3) is 6.47. The van der Waals surface area contributed by atoms with E-state index in [0.29, 0.717) is 19.4 Å². The number of nitrogens with one attached hydrogen (secondary N) is 4. The number of ether oxygens (including phenoxy) is 2. The highest BCUT2D eigenvalue weighted by Gasteiger charge is 2.49. The van der Waals surface area contributed by atoms with Crippen molar-refractivity contribution in [2.24, 2.45) is 22.2 Å². The molecule has 0 aliphatic carbocycles. The number of amides is 3. The Kier molecular flexibility index (Phi) is 9.03. The summed E-state index contributed by atoms with van der Waals surface area (Å²) in [5.74, 6) is -0.804. The molecule has 16 nitrogen and oxygen atoms in total. The third-order valence-corrected chi connectivity index (χ3v) is 6.06. The van der Waals surface area contributed by atoms with Gasteiger partial charge in [-0.25, -0.2) is 9.79 Å². The molecule has 0 radical (unpaired) electrons. The lowest BCUT2D eigenvalue weighted by molar-refractivity contribution is -0.198. The van der Waals surface area contributed by atoms with Crippen molar-refractivity contribution in [3.05, 3.63) is 0 Å². The highest BCUT2D eigenvalue weighted by molar-refractivity contribution is 5.93. The number of β-amino-alcohol motifs (C(OH)–C–C–N with tert-alkyl or cyclic N) is 1. The summed E-state index contributed by atoms with van der Waals surface area (Å²) in [6.45, 7) is -0.183. The van der Waals surface area contributed by atoms with Crippen molar-refractivity contribution in [1.82, 2.24) is 21.3 Å². The fraction of sp³-hybridized carbons (Fsp3) is 0.789.